The van der Waals surface area contributed by atoms with Crippen LogP contribution in [0.3, 0.4) is 0 Å². The summed E-state index contributed by atoms with van der Waals surface area (Å²) < 4.78 is 12.2. The largest absolute Gasteiger partial charge is 0.490 e. The Morgan fingerprint density at radius 3 is 2.43 bits per heavy atom. The lowest BCUT2D eigenvalue weighted by molar-refractivity contribution is 0.00578. The number of hydrogen-bond acceptors (Lipinski definition) is 5. The molecule has 1 aromatic rings. The molecule has 0 atom stereocenters. The van der Waals surface area contributed by atoms with Crippen LogP contribution in [0, 0.1) is 0 Å². The molecule has 0 spiro atoms. The quantitative estimate of drug-likeness (QED) is 0.781. The highest BCUT2D eigenvalue weighted by Crippen LogP contribution is 2.39. The van der Waals surface area contributed by atoms with Crippen LogP contribution in [-0.2, 0) is 9.31 Å². The van der Waals surface area contributed by atoms with Crippen LogP contribution in [0.5, 0.6) is 0 Å². The fourth-order valence-corrected chi connectivity index (χ4v) is 2.57. The third-order valence-corrected chi connectivity index (χ3v) is 4.69. The third kappa shape index (κ3) is 2.70. The lowest BCUT2D eigenvalue weighted by Gasteiger charge is -2.32. The predicted octanol–water partition coefficient (Wildman–Crippen LogP) is 2.24. The summed E-state index contributed by atoms with van der Waals surface area (Å²) in [7, 11) is -0.220. The summed E-state index contributed by atoms with van der Waals surface area (Å²) in [4.78, 5) is 10.5. The van der Waals surface area contributed by atoms with E-state index in [4.69, 9.17) is 9.31 Å². The highest BCUT2D eigenvalue weighted by atomic mass is 16.7. The fraction of sp³-hybridized carbons (Fsp3) is 0.600. The number of aromatic nitrogens is 2. The van der Waals surface area contributed by atoms with E-state index in [0.717, 1.165) is 25.3 Å². The second-order valence-corrected chi connectivity index (χ2v) is 6.63. The molecule has 0 radical (unpaired) electrons. The standard InChI is InChI=1S/C15H22BN3O2/c1-14(2)15(3,4)21-16(20-14)12-6-9-19(10-7-12)13-5-8-17-11-18-13/h5-6,8,11H,7,9-10H2,1-4H3. The van der Waals surface area contributed by atoms with Crippen LogP contribution < -0.4 is 4.90 Å². The van der Waals surface area contributed by atoms with Crippen LogP contribution in [0.25, 0.3) is 0 Å². The van der Waals surface area contributed by atoms with Gasteiger partial charge < -0.3 is 14.2 Å². The van der Waals surface area contributed by atoms with Crippen LogP contribution in [0.4, 0.5) is 5.82 Å². The number of nitrogens with zero attached hydrogens (tertiary/aromatic N) is 3. The van der Waals surface area contributed by atoms with E-state index in [0.29, 0.717) is 0 Å². The lowest BCUT2D eigenvalue weighted by atomic mass is 9.75. The van der Waals surface area contributed by atoms with Gasteiger partial charge in [-0.25, -0.2) is 9.97 Å². The first-order valence-corrected chi connectivity index (χ1v) is 7.45. The molecule has 0 aliphatic carbocycles. The number of hydrogen-bond donors (Lipinski definition) is 0. The number of anilines is 1. The van der Waals surface area contributed by atoms with E-state index < -0.39 is 0 Å². The SMILES string of the molecule is CC1(C)OB(C2=CCN(c3ccncn3)CC2)OC1(C)C. The molecule has 2 aliphatic rings. The van der Waals surface area contributed by atoms with Gasteiger partial charge in [0.15, 0.2) is 0 Å². The van der Waals surface area contributed by atoms with Gasteiger partial charge in [-0.2, -0.15) is 0 Å². The van der Waals surface area contributed by atoms with E-state index in [-0.39, 0.29) is 18.3 Å². The van der Waals surface area contributed by atoms with Crippen LogP contribution in [0.15, 0.2) is 30.1 Å². The molecular weight excluding hydrogens is 265 g/mol. The molecule has 1 fully saturated rings. The Bertz CT molecular complexity index is 529. The minimum Gasteiger partial charge on any atom is -0.400 e. The van der Waals surface area contributed by atoms with Crippen molar-refractivity contribution in [1.29, 1.82) is 0 Å². The second kappa shape index (κ2) is 5.11. The molecule has 5 nitrogen and oxygen atoms in total. The molecular formula is C15H22BN3O2. The normalized spacial score (nSPS) is 24.1. The smallest absolute Gasteiger partial charge is 0.400 e. The summed E-state index contributed by atoms with van der Waals surface area (Å²) in [6.45, 7) is 10.1. The van der Waals surface area contributed by atoms with Crippen molar-refractivity contribution in [3.63, 3.8) is 0 Å². The molecule has 2 aliphatic heterocycles. The Balaban J connectivity index is 1.69. The summed E-state index contributed by atoms with van der Waals surface area (Å²) in [5.41, 5.74) is 0.684. The van der Waals surface area contributed by atoms with E-state index in [1.165, 1.54) is 5.47 Å². The maximum Gasteiger partial charge on any atom is 0.490 e. The van der Waals surface area contributed by atoms with Gasteiger partial charge in [-0.1, -0.05) is 6.08 Å². The maximum atomic E-state index is 6.11. The Morgan fingerprint density at radius 2 is 1.90 bits per heavy atom. The first-order chi connectivity index (χ1) is 9.89. The highest BCUT2D eigenvalue weighted by molar-refractivity contribution is 6.54. The molecule has 0 aromatic carbocycles. The molecule has 0 N–H and O–H groups in total. The summed E-state index contributed by atoms with van der Waals surface area (Å²) in [5, 5.41) is 0. The van der Waals surface area contributed by atoms with E-state index in [1.807, 2.05) is 6.07 Å². The average Bonchev–Trinajstić information content (AvgIpc) is 2.69. The Morgan fingerprint density at radius 1 is 1.19 bits per heavy atom. The van der Waals surface area contributed by atoms with Crippen molar-refractivity contribution >= 4 is 12.9 Å². The lowest BCUT2D eigenvalue weighted by Crippen LogP contribution is -2.41. The van der Waals surface area contributed by atoms with Crippen molar-refractivity contribution in [3.8, 4) is 0 Å². The highest BCUT2D eigenvalue weighted by Gasteiger charge is 2.52. The predicted molar refractivity (Wildman–Crippen MR) is 83.0 cm³/mol. The minimum atomic E-state index is -0.276. The molecule has 1 aromatic heterocycles. The van der Waals surface area contributed by atoms with Crippen LogP contribution in [-0.4, -0.2) is 41.4 Å². The van der Waals surface area contributed by atoms with Crippen LogP contribution in [0.2, 0.25) is 0 Å². The van der Waals surface area contributed by atoms with Gasteiger partial charge in [0.1, 0.15) is 12.1 Å². The van der Waals surface area contributed by atoms with Crippen molar-refractivity contribution in [2.45, 2.75) is 45.3 Å². The summed E-state index contributed by atoms with van der Waals surface area (Å²) >= 11 is 0. The van der Waals surface area contributed by atoms with Gasteiger partial charge in [0, 0.05) is 19.3 Å². The van der Waals surface area contributed by atoms with Crippen LogP contribution >= 0.6 is 0 Å². The molecule has 6 heteroatoms. The van der Waals surface area contributed by atoms with Crippen molar-refractivity contribution in [2.75, 3.05) is 18.0 Å². The van der Waals surface area contributed by atoms with Gasteiger partial charge >= 0.3 is 7.12 Å². The molecule has 1 saturated heterocycles. The first-order valence-electron chi connectivity index (χ1n) is 7.45. The zero-order valence-electron chi connectivity index (χ0n) is 13.2. The molecule has 0 saturated carbocycles. The second-order valence-electron chi connectivity index (χ2n) is 6.63. The first kappa shape index (κ1) is 14.5. The van der Waals surface area contributed by atoms with Crippen molar-refractivity contribution in [3.05, 3.63) is 30.1 Å². The van der Waals surface area contributed by atoms with E-state index in [2.05, 4.69) is 48.6 Å². The van der Waals surface area contributed by atoms with Crippen molar-refractivity contribution < 1.29 is 9.31 Å². The maximum absolute atomic E-state index is 6.11. The van der Waals surface area contributed by atoms with Gasteiger partial charge in [0.2, 0.25) is 0 Å². The summed E-state index contributed by atoms with van der Waals surface area (Å²) in [6.07, 6.45) is 6.49. The van der Waals surface area contributed by atoms with Gasteiger partial charge in [-0.05, 0) is 45.7 Å². The van der Waals surface area contributed by atoms with Crippen molar-refractivity contribution in [1.82, 2.24) is 9.97 Å². The Hall–Kier alpha value is -1.40. The van der Waals surface area contributed by atoms with Gasteiger partial charge in [-0.15, -0.1) is 0 Å². The third-order valence-electron chi connectivity index (χ3n) is 4.69. The van der Waals surface area contributed by atoms with Gasteiger partial charge in [-0.3, -0.25) is 0 Å². The summed E-state index contributed by atoms with van der Waals surface area (Å²) in [5.74, 6) is 0.967. The summed E-state index contributed by atoms with van der Waals surface area (Å²) in [6, 6.07) is 1.94. The molecule has 0 amide bonds. The van der Waals surface area contributed by atoms with E-state index >= 15 is 0 Å². The zero-order valence-corrected chi connectivity index (χ0v) is 13.2. The zero-order chi connectivity index (χ0) is 15.1. The molecule has 3 heterocycles. The molecule has 0 bridgehead atoms. The molecule has 0 unspecified atom stereocenters. The van der Waals surface area contributed by atoms with E-state index in [9.17, 15) is 0 Å². The molecule has 21 heavy (non-hydrogen) atoms. The monoisotopic (exact) mass is 287 g/mol. The topological polar surface area (TPSA) is 47.5 Å². The molecule has 3 rings (SSSR count). The van der Waals surface area contributed by atoms with Crippen molar-refractivity contribution in [2.24, 2.45) is 0 Å². The molecule has 112 valence electrons. The van der Waals surface area contributed by atoms with E-state index in [1.54, 1.807) is 12.5 Å². The Kier molecular flexibility index (Phi) is 3.53. The minimum absolute atomic E-state index is 0.220. The Labute approximate surface area is 126 Å². The number of rotatable bonds is 2. The average molecular weight is 287 g/mol. The fourth-order valence-electron chi connectivity index (χ4n) is 2.57. The van der Waals surface area contributed by atoms with Gasteiger partial charge in [0.05, 0.1) is 11.2 Å². The van der Waals surface area contributed by atoms with Crippen LogP contribution in [0.1, 0.15) is 34.1 Å². The van der Waals surface area contributed by atoms with Gasteiger partial charge in [0.25, 0.3) is 0 Å².